The van der Waals surface area contributed by atoms with Crippen LogP contribution in [0, 0.1) is 11.6 Å². The smallest absolute Gasteiger partial charge is 0.225 e. The largest absolute Gasteiger partial charge is 0.326 e. The van der Waals surface area contributed by atoms with E-state index in [1.54, 1.807) is 11.4 Å². The molecule has 0 atom stereocenters. The molecule has 1 aromatic heterocycles. The molecule has 0 fully saturated rings. The summed E-state index contributed by atoms with van der Waals surface area (Å²) in [5, 5.41) is 3.95. The molecule has 1 amide bonds. The van der Waals surface area contributed by atoms with Gasteiger partial charge in [-0.25, -0.2) is 17.2 Å². The normalized spacial score (nSPS) is 11.3. The van der Waals surface area contributed by atoms with Crippen LogP contribution in [-0.2, 0) is 14.6 Å². The molecule has 0 saturated carbocycles. The second-order valence-corrected chi connectivity index (χ2v) is 7.46. The number of anilines is 1. The van der Waals surface area contributed by atoms with Gasteiger partial charge >= 0.3 is 0 Å². The van der Waals surface area contributed by atoms with Crippen LogP contribution in [0.2, 0.25) is 0 Å². The quantitative estimate of drug-likeness (QED) is 0.916. The third kappa shape index (κ3) is 4.08. The molecule has 2 aromatic rings. The average molecular weight is 331 g/mol. The fourth-order valence-corrected chi connectivity index (χ4v) is 3.96. The van der Waals surface area contributed by atoms with E-state index in [1.807, 2.05) is 0 Å². The van der Waals surface area contributed by atoms with Gasteiger partial charge < -0.3 is 5.32 Å². The fourth-order valence-electron chi connectivity index (χ4n) is 1.57. The van der Waals surface area contributed by atoms with Gasteiger partial charge in [0.1, 0.15) is 4.21 Å². The highest BCUT2D eigenvalue weighted by atomic mass is 32.2. The first-order valence-electron chi connectivity index (χ1n) is 5.89. The van der Waals surface area contributed by atoms with E-state index < -0.39 is 27.4 Å². The number of sulfone groups is 1. The molecule has 21 heavy (non-hydrogen) atoms. The first-order valence-corrected chi connectivity index (χ1v) is 8.43. The summed E-state index contributed by atoms with van der Waals surface area (Å²) in [4.78, 5) is 11.6. The maximum atomic E-state index is 13.0. The minimum Gasteiger partial charge on any atom is -0.326 e. The van der Waals surface area contributed by atoms with Crippen molar-refractivity contribution in [2.24, 2.45) is 0 Å². The van der Waals surface area contributed by atoms with Crippen LogP contribution in [0.3, 0.4) is 0 Å². The topological polar surface area (TPSA) is 63.2 Å². The summed E-state index contributed by atoms with van der Waals surface area (Å²) in [6, 6.07) is 5.99. The molecule has 0 bridgehead atoms. The van der Waals surface area contributed by atoms with Crippen molar-refractivity contribution < 1.29 is 22.0 Å². The van der Waals surface area contributed by atoms with Gasteiger partial charge in [-0.3, -0.25) is 4.79 Å². The zero-order valence-electron chi connectivity index (χ0n) is 10.7. The summed E-state index contributed by atoms with van der Waals surface area (Å²) in [6.45, 7) is 0. The van der Waals surface area contributed by atoms with Gasteiger partial charge in [-0.05, 0) is 23.6 Å². The zero-order chi connectivity index (χ0) is 15.5. The van der Waals surface area contributed by atoms with Gasteiger partial charge in [0, 0.05) is 18.2 Å². The Hall–Kier alpha value is -1.80. The number of carbonyl (C=O) groups excluding carboxylic acids is 1. The van der Waals surface area contributed by atoms with Gasteiger partial charge in [0.2, 0.25) is 5.91 Å². The van der Waals surface area contributed by atoms with Crippen LogP contribution in [0.4, 0.5) is 14.5 Å². The number of benzene rings is 1. The van der Waals surface area contributed by atoms with Crippen molar-refractivity contribution in [2.45, 2.75) is 10.6 Å². The number of thiophene rings is 1. The first-order chi connectivity index (χ1) is 9.88. The number of carbonyl (C=O) groups is 1. The molecule has 0 aliphatic carbocycles. The van der Waals surface area contributed by atoms with Crippen molar-refractivity contribution in [3.63, 3.8) is 0 Å². The lowest BCUT2D eigenvalue weighted by Crippen LogP contribution is -2.17. The van der Waals surface area contributed by atoms with E-state index in [9.17, 15) is 22.0 Å². The highest BCUT2D eigenvalue weighted by Crippen LogP contribution is 2.18. The van der Waals surface area contributed by atoms with Crippen LogP contribution in [-0.4, -0.2) is 20.1 Å². The molecule has 4 nitrogen and oxygen atoms in total. The Bertz CT molecular complexity index is 743. The molecule has 0 unspecified atom stereocenters. The van der Waals surface area contributed by atoms with Crippen molar-refractivity contribution in [1.82, 2.24) is 0 Å². The van der Waals surface area contributed by atoms with Crippen LogP contribution >= 0.6 is 11.3 Å². The van der Waals surface area contributed by atoms with Crippen molar-refractivity contribution in [3.8, 4) is 0 Å². The summed E-state index contributed by atoms with van der Waals surface area (Å²) in [5.41, 5.74) is 0.0763. The van der Waals surface area contributed by atoms with Gasteiger partial charge in [0.15, 0.2) is 21.5 Å². The summed E-state index contributed by atoms with van der Waals surface area (Å²) in [7, 11) is -3.50. The highest BCUT2D eigenvalue weighted by molar-refractivity contribution is 7.93. The molecule has 112 valence electrons. The Labute approximate surface area is 124 Å². The lowest BCUT2D eigenvalue weighted by molar-refractivity contribution is -0.115. The van der Waals surface area contributed by atoms with E-state index in [0.29, 0.717) is 0 Å². The average Bonchev–Trinajstić information content (AvgIpc) is 2.96. The summed E-state index contributed by atoms with van der Waals surface area (Å²) in [6.07, 6.45) is -0.265. The number of halogens is 2. The molecule has 0 spiro atoms. The third-order valence-corrected chi connectivity index (χ3v) is 5.81. The molecule has 0 radical (unpaired) electrons. The van der Waals surface area contributed by atoms with E-state index in [0.717, 1.165) is 23.5 Å². The Morgan fingerprint density at radius 1 is 1.19 bits per heavy atom. The molecular formula is C13H11F2NO3S2. The number of rotatable bonds is 5. The predicted molar refractivity (Wildman–Crippen MR) is 76.0 cm³/mol. The second kappa shape index (κ2) is 6.31. The van der Waals surface area contributed by atoms with Gasteiger partial charge in [0.25, 0.3) is 0 Å². The molecule has 2 rings (SSSR count). The maximum Gasteiger partial charge on any atom is 0.225 e. The molecule has 0 saturated heterocycles. The first kappa shape index (κ1) is 15.6. The minimum atomic E-state index is -3.50. The Morgan fingerprint density at radius 3 is 2.57 bits per heavy atom. The van der Waals surface area contributed by atoms with Crippen molar-refractivity contribution in [2.75, 3.05) is 11.1 Å². The molecule has 1 aromatic carbocycles. The van der Waals surface area contributed by atoms with Gasteiger partial charge in [-0.2, -0.15) is 0 Å². The summed E-state index contributed by atoms with van der Waals surface area (Å²) < 4.78 is 49.6. The Kier molecular flexibility index (Phi) is 4.69. The van der Waals surface area contributed by atoms with Crippen LogP contribution < -0.4 is 5.32 Å². The second-order valence-electron chi connectivity index (χ2n) is 4.18. The number of nitrogens with one attached hydrogen (secondary N) is 1. The molecule has 8 heteroatoms. The van der Waals surface area contributed by atoms with Crippen LogP contribution in [0.5, 0.6) is 0 Å². The third-order valence-electron chi connectivity index (χ3n) is 2.60. The molecule has 1 heterocycles. The van der Waals surface area contributed by atoms with Gasteiger partial charge in [-0.15, -0.1) is 11.3 Å². The maximum absolute atomic E-state index is 13.0. The van der Waals surface area contributed by atoms with E-state index in [4.69, 9.17) is 0 Å². The molecular weight excluding hydrogens is 320 g/mol. The van der Waals surface area contributed by atoms with Crippen LogP contribution in [0.25, 0.3) is 0 Å². The molecule has 0 aliphatic rings. The van der Waals surface area contributed by atoms with E-state index in [2.05, 4.69) is 5.32 Å². The fraction of sp³-hybridized carbons (Fsp3) is 0.154. The Morgan fingerprint density at radius 2 is 1.95 bits per heavy atom. The van der Waals surface area contributed by atoms with Gasteiger partial charge in [0.05, 0.1) is 5.75 Å². The van der Waals surface area contributed by atoms with E-state index in [1.165, 1.54) is 12.1 Å². The monoisotopic (exact) mass is 331 g/mol. The lowest BCUT2D eigenvalue weighted by atomic mass is 10.3. The van der Waals surface area contributed by atoms with Crippen molar-refractivity contribution in [1.29, 1.82) is 0 Å². The van der Waals surface area contributed by atoms with Crippen molar-refractivity contribution in [3.05, 3.63) is 47.3 Å². The minimum absolute atomic E-state index is 0.0763. The summed E-state index contributed by atoms with van der Waals surface area (Å²) >= 11 is 1.08. The Balaban J connectivity index is 1.95. The number of hydrogen-bond acceptors (Lipinski definition) is 4. The standard InChI is InChI=1S/C13H11F2NO3S2/c14-10-4-3-9(8-11(10)15)16-12(17)5-7-21(18,19)13-2-1-6-20-13/h1-4,6,8H,5,7H2,(H,16,17). The van der Waals surface area contributed by atoms with Crippen molar-refractivity contribution >= 4 is 32.8 Å². The van der Waals surface area contributed by atoms with E-state index in [-0.39, 0.29) is 22.1 Å². The van der Waals surface area contributed by atoms with Crippen LogP contribution in [0.15, 0.2) is 39.9 Å². The predicted octanol–water partition coefficient (Wildman–Crippen LogP) is 2.83. The zero-order valence-corrected chi connectivity index (χ0v) is 12.3. The number of amides is 1. The number of hydrogen-bond donors (Lipinski definition) is 1. The SMILES string of the molecule is O=C(CCS(=O)(=O)c1cccs1)Nc1ccc(F)c(F)c1. The molecule has 0 aliphatic heterocycles. The molecule has 1 N–H and O–H groups in total. The lowest BCUT2D eigenvalue weighted by Gasteiger charge is -2.06. The van der Waals surface area contributed by atoms with Crippen LogP contribution in [0.1, 0.15) is 6.42 Å². The van der Waals surface area contributed by atoms with Gasteiger partial charge in [-0.1, -0.05) is 6.07 Å². The van der Waals surface area contributed by atoms with E-state index >= 15 is 0 Å². The summed E-state index contributed by atoms with van der Waals surface area (Å²) in [5.74, 6) is -3.03. The highest BCUT2D eigenvalue weighted by Gasteiger charge is 2.17.